The lowest BCUT2D eigenvalue weighted by Gasteiger charge is -2.11. The van der Waals surface area contributed by atoms with Crippen molar-refractivity contribution in [3.63, 3.8) is 0 Å². The van der Waals surface area contributed by atoms with Gasteiger partial charge in [0, 0.05) is 54.2 Å². The maximum Gasteiger partial charge on any atom is 0.251 e. The van der Waals surface area contributed by atoms with Gasteiger partial charge in [-0.25, -0.2) is 4.98 Å². The number of nitrogens with two attached hydrogens (primary N) is 1. The Morgan fingerprint density at radius 2 is 2.21 bits per heavy atom. The minimum absolute atomic E-state index is 0.152. The first-order valence-electron chi connectivity index (χ1n) is 7.59. The molecule has 122 valence electrons. The number of carbonyl (C=O) groups excluding carboxylic acids is 1. The summed E-state index contributed by atoms with van der Waals surface area (Å²) in [5.41, 5.74) is 7.53. The number of benzene rings is 1. The summed E-state index contributed by atoms with van der Waals surface area (Å²) >= 11 is 1.48. The van der Waals surface area contributed by atoms with E-state index in [4.69, 9.17) is 12.2 Å². The topological polar surface area (TPSA) is 92.7 Å². The van der Waals surface area contributed by atoms with Crippen molar-refractivity contribution >= 4 is 22.9 Å². The smallest absolute Gasteiger partial charge is 0.251 e. The van der Waals surface area contributed by atoms with Gasteiger partial charge in [0.15, 0.2) is 5.66 Å². The third kappa shape index (κ3) is 3.60. The molecule has 0 unspecified atom stereocenters. The molecular formula is C17H17N5OS. The fraction of sp³-hybridized carbons (Fsp3) is 0.294. The van der Waals surface area contributed by atoms with Gasteiger partial charge in [0.1, 0.15) is 5.01 Å². The Balaban J connectivity index is 1.60. The van der Waals surface area contributed by atoms with Crippen molar-refractivity contribution in [2.45, 2.75) is 24.9 Å². The zero-order chi connectivity index (χ0) is 17.0. The molecule has 7 heteroatoms. The van der Waals surface area contributed by atoms with Crippen molar-refractivity contribution in [3.05, 3.63) is 35.3 Å². The number of hydrogen-bond donors (Lipinski definition) is 2. The van der Waals surface area contributed by atoms with Gasteiger partial charge in [-0.15, -0.1) is 23.7 Å². The predicted octanol–water partition coefficient (Wildman–Crippen LogP) is 3.09. The molecule has 1 aromatic heterocycles. The fourth-order valence-electron chi connectivity index (χ4n) is 2.39. The number of terminal acetylenes is 1. The van der Waals surface area contributed by atoms with Crippen LogP contribution in [-0.2, 0) is 0 Å². The molecule has 0 atom stereocenters. The standard InChI is InChI=1S/C17H17N5OS/c1-2-3-6-17(21-22-17)7-8-19-15(23)12-4-5-14(18)13(11-12)16-20-9-10-24-16/h1,4-5,9-11H,3,6-8,18H2,(H,19,23). The number of anilines is 1. The summed E-state index contributed by atoms with van der Waals surface area (Å²) in [5.74, 6) is 2.44. The maximum atomic E-state index is 12.3. The van der Waals surface area contributed by atoms with Gasteiger partial charge < -0.3 is 11.1 Å². The zero-order valence-electron chi connectivity index (χ0n) is 13.0. The third-order valence-corrected chi connectivity index (χ3v) is 4.65. The molecule has 24 heavy (non-hydrogen) atoms. The van der Waals surface area contributed by atoms with Crippen LogP contribution < -0.4 is 11.1 Å². The molecule has 0 saturated heterocycles. The highest BCUT2D eigenvalue weighted by Crippen LogP contribution is 2.36. The molecule has 2 heterocycles. The van der Waals surface area contributed by atoms with Gasteiger partial charge in [-0.05, 0) is 18.2 Å². The molecule has 1 amide bonds. The van der Waals surface area contributed by atoms with Crippen LogP contribution in [0.1, 0.15) is 29.6 Å². The van der Waals surface area contributed by atoms with E-state index >= 15 is 0 Å². The van der Waals surface area contributed by atoms with E-state index in [1.54, 1.807) is 24.4 Å². The van der Waals surface area contributed by atoms with Crippen LogP contribution in [0.5, 0.6) is 0 Å². The molecule has 0 fully saturated rings. The Kier molecular flexibility index (Phi) is 4.58. The molecule has 6 nitrogen and oxygen atoms in total. The molecular weight excluding hydrogens is 322 g/mol. The van der Waals surface area contributed by atoms with Crippen molar-refractivity contribution in [1.82, 2.24) is 10.3 Å². The summed E-state index contributed by atoms with van der Waals surface area (Å²) in [4.78, 5) is 16.6. The van der Waals surface area contributed by atoms with E-state index in [9.17, 15) is 4.79 Å². The number of thiazole rings is 1. The Morgan fingerprint density at radius 1 is 1.38 bits per heavy atom. The van der Waals surface area contributed by atoms with E-state index in [-0.39, 0.29) is 11.6 Å². The predicted molar refractivity (Wildman–Crippen MR) is 94.6 cm³/mol. The van der Waals surface area contributed by atoms with Crippen LogP contribution in [0.3, 0.4) is 0 Å². The monoisotopic (exact) mass is 339 g/mol. The van der Waals surface area contributed by atoms with Crippen LogP contribution in [0.2, 0.25) is 0 Å². The lowest BCUT2D eigenvalue weighted by atomic mass is 10.0. The SMILES string of the molecule is C#CCCC1(CCNC(=O)c2ccc(N)c(-c3nccs3)c2)N=N1. The Labute approximate surface area is 144 Å². The van der Waals surface area contributed by atoms with Crippen molar-refractivity contribution in [2.75, 3.05) is 12.3 Å². The summed E-state index contributed by atoms with van der Waals surface area (Å²) in [7, 11) is 0. The number of aromatic nitrogens is 1. The lowest BCUT2D eigenvalue weighted by Crippen LogP contribution is -2.28. The van der Waals surface area contributed by atoms with E-state index in [1.165, 1.54) is 11.3 Å². The van der Waals surface area contributed by atoms with Gasteiger partial charge in [0.2, 0.25) is 0 Å². The second-order valence-electron chi connectivity index (χ2n) is 5.53. The minimum atomic E-state index is -0.382. The number of rotatable bonds is 7. The summed E-state index contributed by atoms with van der Waals surface area (Å²) in [5, 5.41) is 13.7. The Morgan fingerprint density at radius 3 is 2.88 bits per heavy atom. The Bertz CT molecular complexity index is 801. The number of nitrogen functional groups attached to an aromatic ring is 1. The number of nitrogens with zero attached hydrogens (tertiary/aromatic N) is 3. The van der Waals surface area contributed by atoms with Gasteiger partial charge in [-0.1, -0.05) is 0 Å². The average Bonchev–Trinajstić information content (AvgIpc) is 3.14. The first-order valence-corrected chi connectivity index (χ1v) is 8.47. The van der Waals surface area contributed by atoms with Gasteiger partial charge in [-0.3, -0.25) is 4.79 Å². The van der Waals surface area contributed by atoms with E-state index in [1.807, 2.05) is 5.38 Å². The highest BCUT2D eigenvalue weighted by atomic mass is 32.1. The van der Waals surface area contributed by atoms with E-state index in [2.05, 4.69) is 26.4 Å². The largest absolute Gasteiger partial charge is 0.398 e. The summed E-state index contributed by atoms with van der Waals surface area (Å²) in [6, 6.07) is 5.21. The zero-order valence-corrected chi connectivity index (χ0v) is 13.8. The van der Waals surface area contributed by atoms with Crippen LogP contribution >= 0.6 is 11.3 Å². The van der Waals surface area contributed by atoms with E-state index in [0.29, 0.717) is 30.6 Å². The van der Waals surface area contributed by atoms with E-state index in [0.717, 1.165) is 17.0 Å². The molecule has 3 rings (SSSR count). The highest BCUT2D eigenvalue weighted by molar-refractivity contribution is 7.13. The number of nitrogens with one attached hydrogen (secondary N) is 1. The second kappa shape index (κ2) is 6.81. The minimum Gasteiger partial charge on any atom is -0.398 e. The third-order valence-electron chi connectivity index (χ3n) is 3.84. The molecule has 0 spiro atoms. The van der Waals surface area contributed by atoms with Crippen LogP contribution in [0, 0.1) is 12.3 Å². The van der Waals surface area contributed by atoms with Crippen LogP contribution in [-0.4, -0.2) is 23.1 Å². The normalized spacial score (nSPS) is 14.1. The molecule has 3 N–H and O–H groups in total. The first kappa shape index (κ1) is 16.1. The molecule has 0 radical (unpaired) electrons. The number of carbonyl (C=O) groups is 1. The van der Waals surface area contributed by atoms with Crippen molar-refractivity contribution in [2.24, 2.45) is 10.2 Å². The highest BCUT2D eigenvalue weighted by Gasteiger charge is 2.38. The van der Waals surface area contributed by atoms with E-state index < -0.39 is 0 Å². The molecule has 0 bridgehead atoms. The quantitative estimate of drug-likeness (QED) is 0.599. The van der Waals surface area contributed by atoms with Crippen LogP contribution in [0.15, 0.2) is 40.0 Å². The van der Waals surface area contributed by atoms with Gasteiger partial charge in [-0.2, -0.15) is 10.2 Å². The van der Waals surface area contributed by atoms with Crippen molar-refractivity contribution < 1.29 is 4.79 Å². The maximum absolute atomic E-state index is 12.3. The van der Waals surface area contributed by atoms with Crippen molar-refractivity contribution in [1.29, 1.82) is 0 Å². The fourth-order valence-corrected chi connectivity index (χ4v) is 3.06. The van der Waals surface area contributed by atoms with Crippen LogP contribution in [0.4, 0.5) is 5.69 Å². The summed E-state index contributed by atoms with van der Waals surface area (Å²) in [6.07, 6.45) is 9.01. The molecule has 1 aliphatic rings. The molecule has 0 saturated carbocycles. The molecule has 1 aliphatic heterocycles. The number of hydrogen-bond acceptors (Lipinski definition) is 6. The Hall–Kier alpha value is -2.72. The van der Waals surface area contributed by atoms with Crippen molar-refractivity contribution in [3.8, 4) is 22.9 Å². The summed E-state index contributed by atoms with van der Waals surface area (Å²) < 4.78 is 0. The van der Waals surface area contributed by atoms with Gasteiger partial charge in [0.05, 0.1) is 0 Å². The number of amides is 1. The molecule has 1 aromatic carbocycles. The molecule has 2 aromatic rings. The van der Waals surface area contributed by atoms with Gasteiger partial charge in [0.25, 0.3) is 5.91 Å². The van der Waals surface area contributed by atoms with Gasteiger partial charge >= 0.3 is 0 Å². The average molecular weight is 339 g/mol. The molecule has 0 aliphatic carbocycles. The second-order valence-corrected chi connectivity index (χ2v) is 6.43. The summed E-state index contributed by atoms with van der Waals surface area (Å²) in [6.45, 7) is 0.493. The first-order chi connectivity index (χ1) is 11.6. The lowest BCUT2D eigenvalue weighted by molar-refractivity contribution is 0.0952. The van der Waals surface area contributed by atoms with Crippen LogP contribution in [0.25, 0.3) is 10.6 Å².